The number of nitrogens with zero attached hydrogens (tertiary/aromatic N) is 3. The van der Waals surface area contributed by atoms with Gasteiger partial charge in [-0.25, -0.2) is 9.59 Å². The molecule has 0 aliphatic carbocycles. The van der Waals surface area contributed by atoms with Crippen LogP contribution in [0.4, 0.5) is 35.0 Å². The van der Waals surface area contributed by atoms with Crippen LogP contribution in [0.3, 0.4) is 0 Å². The number of alkyl halides is 6. The van der Waals surface area contributed by atoms with Gasteiger partial charge in [0.2, 0.25) is 0 Å². The van der Waals surface area contributed by atoms with Gasteiger partial charge in [0.15, 0.2) is 5.70 Å². The van der Waals surface area contributed by atoms with E-state index in [0.717, 1.165) is 13.5 Å². The Balaban J connectivity index is 0.979. The fraction of sp³-hybridized carbons (Fsp3) is 0.268. The van der Waals surface area contributed by atoms with E-state index >= 15 is 8.63 Å². The number of benzene rings is 5. The molecule has 0 unspecified atom stereocenters. The summed E-state index contributed by atoms with van der Waals surface area (Å²) < 4.78 is 143. The average molecular weight is 1050 g/mol. The number of pyridine rings is 1. The summed E-state index contributed by atoms with van der Waals surface area (Å²) in [6.07, 6.45) is -9.94. The summed E-state index contributed by atoms with van der Waals surface area (Å²) in [7, 11) is 0. The van der Waals surface area contributed by atoms with E-state index in [1.165, 1.54) is 44.2 Å². The Morgan fingerprint density at radius 1 is 0.684 bits per heavy atom. The molecule has 0 spiro atoms. The molecule has 10 rings (SSSR count). The highest BCUT2D eigenvalue weighted by molar-refractivity contribution is 6.59. The second-order valence-corrected chi connectivity index (χ2v) is 19.0. The topological polar surface area (TPSA) is 122 Å². The van der Waals surface area contributed by atoms with Crippen LogP contribution in [0.15, 0.2) is 104 Å². The maximum atomic E-state index is 17.2. The Bertz CT molecular complexity index is 3990. The quantitative estimate of drug-likeness (QED) is 0.0313. The largest absolute Gasteiger partial charge is 0.737 e. The molecule has 2 aliphatic heterocycles. The predicted octanol–water partition coefficient (Wildman–Crippen LogP) is 12.6. The number of hydrogen-bond acceptors (Lipinski definition) is 8. The van der Waals surface area contributed by atoms with Crippen molar-refractivity contribution in [1.82, 2.24) is 9.05 Å². The summed E-state index contributed by atoms with van der Waals surface area (Å²) in [4.78, 5) is 55.1. The lowest BCUT2D eigenvalue weighted by molar-refractivity contribution is -0.363. The number of aryl methyl sites for hydroxylation is 2. The van der Waals surface area contributed by atoms with Crippen molar-refractivity contribution in [3.63, 3.8) is 0 Å². The molecular weight excluding hydrogens is 1010 g/mol. The van der Waals surface area contributed by atoms with Gasteiger partial charge < -0.3 is 36.2 Å². The van der Waals surface area contributed by atoms with Gasteiger partial charge in [-0.15, -0.1) is 0 Å². The van der Waals surface area contributed by atoms with Crippen LogP contribution in [0.5, 0.6) is 5.75 Å². The number of halogens is 8. The molecule has 5 aromatic carbocycles. The first kappa shape index (κ1) is 51.5. The number of fused-ring (bicyclic) bond motifs is 4. The monoisotopic (exact) mass is 1050 g/mol. The third-order valence-electron chi connectivity index (χ3n) is 14.5. The van der Waals surface area contributed by atoms with Gasteiger partial charge in [-0.05, 0) is 160 Å². The summed E-state index contributed by atoms with van der Waals surface area (Å²) in [5.74, 6) is -1.10. The van der Waals surface area contributed by atoms with E-state index in [1.807, 2.05) is 0 Å². The van der Waals surface area contributed by atoms with Crippen LogP contribution in [0.25, 0.3) is 60.2 Å². The molecule has 392 valence electrons. The first-order valence-electron chi connectivity index (χ1n) is 24.3. The van der Waals surface area contributed by atoms with E-state index in [2.05, 4.69) is 0 Å². The molecule has 0 saturated carbocycles. The van der Waals surface area contributed by atoms with E-state index in [1.54, 1.807) is 65.8 Å². The van der Waals surface area contributed by atoms with Crippen LogP contribution in [-0.2, 0) is 33.2 Å². The fourth-order valence-electron chi connectivity index (χ4n) is 11.4. The van der Waals surface area contributed by atoms with Crippen molar-refractivity contribution < 1.29 is 67.7 Å². The Morgan fingerprint density at radius 3 is 1.87 bits per heavy atom. The average Bonchev–Trinajstić information content (AvgIpc) is 3.80. The Kier molecular flexibility index (Phi) is 12.2. The molecule has 0 saturated heterocycles. The van der Waals surface area contributed by atoms with Gasteiger partial charge in [0.25, 0.3) is 11.1 Å². The highest BCUT2D eigenvalue weighted by Crippen LogP contribution is 2.49. The maximum Gasteiger partial charge on any atom is 0.737 e. The minimum Gasteiger partial charge on any atom is -0.494 e. The van der Waals surface area contributed by atoms with Crippen LogP contribution in [0, 0.1) is 27.7 Å². The summed E-state index contributed by atoms with van der Waals surface area (Å²) in [5, 5.41) is 1.76. The molecule has 0 atom stereocenters. The summed E-state index contributed by atoms with van der Waals surface area (Å²) in [5.41, 5.74) is -1.01. The summed E-state index contributed by atoms with van der Waals surface area (Å²) >= 11 is 0. The van der Waals surface area contributed by atoms with E-state index in [4.69, 9.17) is 18.6 Å². The lowest BCUT2D eigenvalue weighted by Gasteiger charge is -2.34. The van der Waals surface area contributed by atoms with Gasteiger partial charge in [0.05, 0.1) is 42.1 Å². The first-order valence-corrected chi connectivity index (χ1v) is 24.3. The van der Waals surface area contributed by atoms with Crippen molar-refractivity contribution in [1.29, 1.82) is 0 Å². The normalized spacial score (nSPS) is 14.7. The first-order chi connectivity index (χ1) is 35.8. The number of aromatic nitrogens is 2. The van der Waals surface area contributed by atoms with Gasteiger partial charge in [-0.1, -0.05) is 12.1 Å². The zero-order chi connectivity index (χ0) is 54.8. The number of esters is 2. The summed E-state index contributed by atoms with van der Waals surface area (Å²) in [6.45, 7) is 8.21. The van der Waals surface area contributed by atoms with Gasteiger partial charge >= 0.3 is 31.3 Å². The molecular formula is C56H46BF8N3O8. The molecule has 11 nitrogen and oxygen atoms in total. The lowest BCUT2D eigenvalue weighted by Crippen LogP contribution is -2.52. The van der Waals surface area contributed by atoms with Crippen LogP contribution in [0.2, 0.25) is 0 Å². The van der Waals surface area contributed by atoms with Gasteiger partial charge in [0, 0.05) is 51.7 Å². The minimum absolute atomic E-state index is 0.00305. The van der Waals surface area contributed by atoms with Gasteiger partial charge in [0.1, 0.15) is 28.2 Å². The molecule has 5 heterocycles. The molecule has 0 amide bonds. The predicted molar refractivity (Wildman–Crippen MR) is 271 cm³/mol. The number of carbonyl (C=O) groups excluding carboxylic acids is 2. The van der Waals surface area contributed by atoms with E-state index in [9.17, 15) is 45.5 Å². The van der Waals surface area contributed by atoms with Gasteiger partial charge in [-0.2, -0.15) is 26.3 Å². The fourth-order valence-corrected chi connectivity index (χ4v) is 11.4. The number of ether oxygens (including phenoxy) is 3. The molecule has 3 aromatic heterocycles. The number of carbonyl (C=O) groups is 2. The van der Waals surface area contributed by atoms with Crippen LogP contribution in [-0.4, -0.2) is 58.0 Å². The highest BCUT2D eigenvalue weighted by atomic mass is 19.4. The SMILES string of the molecule is CCOC(=O)C1=C(C)C2=C(c3c(C)cc(OCCCn4c(=O)c5ccc6oc7ccc(-c8cc(C(F)(F)F)cc(C(F)(F)F)c8)cc7c7ccc(c4=O)c5c67)cc3C)c3c(C)c(C(=O)OCC)c(C)n3[B-](F)(F)[N+]2=C1C. The van der Waals surface area contributed by atoms with Crippen molar-refractivity contribution in [2.75, 3.05) is 19.8 Å². The molecule has 20 heteroatoms. The van der Waals surface area contributed by atoms with Crippen molar-refractivity contribution >= 4 is 73.7 Å². The zero-order valence-corrected chi connectivity index (χ0v) is 42.2. The van der Waals surface area contributed by atoms with E-state index in [-0.39, 0.29) is 122 Å². The van der Waals surface area contributed by atoms with Crippen LogP contribution >= 0.6 is 0 Å². The highest BCUT2D eigenvalue weighted by Gasteiger charge is 2.58. The number of hydrogen-bond donors (Lipinski definition) is 0. The van der Waals surface area contributed by atoms with Gasteiger partial charge in [-0.3, -0.25) is 14.2 Å². The van der Waals surface area contributed by atoms with E-state index < -0.39 is 53.5 Å². The lowest BCUT2D eigenvalue weighted by atomic mass is 9.81. The maximum absolute atomic E-state index is 17.2. The molecule has 0 bridgehead atoms. The number of rotatable bonds is 11. The van der Waals surface area contributed by atoms with Crippen molar-refractivity contribution in [2.24, 2.45) is 0 Å². The molecule has 2 aliphatic rings. The third kappa shape index (κ3) is 7.88. The molecule has 0 N–H and O–H groups in total. The molecule has 76 heavy (non-hydrogen) atoms. The molecule has 0 radical (unpaired) electrons. The van der Waals surface area contributed by atoms with E-state index in [0.29, 0.717) is 56.3 Å². The zero-order valence-electron chi connectivity index (χ0n) is 42.2. The third-order valence-corrected chi connectivity index (χ3v) is 14.5. The Hall–Kier alpha value is -8.03. The summed E-state index contributed by atoms with van der Waals surface area (Å²) in [6, 6.07) is 15.2. The molecule has 8 aromatic rings. The number of allylic oxidation sites excluding steroid dienone is 1. The van der Waals surface area contributed by atoms with Crippen molar-refractivity contribution in [3.05, 3.63) is 161 Å². The second-order valence-electron chi connectivity index (χ2n) is 19.0. The Labute approximate surface area is 427 Å². The minimum atomic E-state index is -5.06. The molecule has 0 fully saturated rings. The standard InChI is InChI=1S/C56H46BF8N3O8/c1-9-73-53(71)44-28(5)49-48(50-29(6)45(54(72)74-10-2)31(8)68(50)57(64,65)67(49)30(44)7)43-26(3)20-36(21-27(43)4)75-19-11-18-66-51(69)38-14-13-37-40-24-32(33-22-34(55(58,59)60)25-35(23-33)56(61,62)63)12-16-41(40)76-42-17-15-39(52(66)70)46(38)47(37)42/h12-17,20-25H,9-11,18-19H2,1-8H3. The Morgan fingerprint density at radius 2 is 1.26 bits per heavy atom. The van der Waals surface area contributed by atoms with Crippen LogP contribution < -0.4 is 15.9 Å². The second kappa shape index (κ2) is 18.1. The van der Waals surface area contributed by atoms with Crippen molar-refractivity contribution in [3.8, 4) is 16.9 Å². The van der Waals surface area contributed by atoms with Crippen molar-refractivity contribution in [2.45, 2.75) is 80.7 Å². The van der Waals surface area contributed by atoms with Crippen LogP contribution in [0.1, 0.15) is 89.2 Å². The smallest absolute Gasteiger partial charge is 0.494 e.